The minimum Gasteiger partial charge on any atom is -0.340 e. The number of hydrogen-bond donors (Lipinski definition) is 1. The third kappa shape index (κ3) is 3.27. The van der Waals surface area contributed by atoms with Crippen LogP contribution in [0.4, 0.5) is 11.5 Å². The van der Waals surface area contributed by atoms with Crippen molar-refractivity contribution >= 4 is 39.8 Å². The Bertz CT molecular complexity index is 1070. The zero-order valence-electron chi connectivity index (χ0n) is 13.7. The molecule has 0 spiro atoms. The molecule has 0 saturated carbocycles. The summed E-state index contributed by atoms with van der Waals surface area (Å²) < 4.78 is 0. The minimum atomic E-state index is -0.0410. The van der Waals surface area contributed by atoms with E-state index in [1.165, 1.54) is 6.33 Å². The maximum absolute atomic E-state index is 12.5. The van der Waals surface area contributed by atoms with Gasteiger partial charge in [-0.05, 0) is 60.7 Å². The Morgan fingerprint density at radius 1 is 0.808 bits per heavy atom. The fourth-order valence-electron chi connectivity index (χ4n) is 2.71. The lowest BCUT2D eigenvalue weighted by Gasteiger charge is -2.09. The predicted molar refractivity (Wildman–Crippen MR) is 104 cm³/mol. The molecular formula is C21H14ClN3O. The lowest BCUT2D eigenvalue weighted by Crippen LogP contribution is -2.01. The number of para-hydroxylation sites is 1. The Hall–Kier alpha value is -3.24. The smallest absolute Gasteiger partial charge is 0.193 e. The molecule has 3 aromatic carbocycles. The van der Waals surface area contributed by atoms with Crippen molar-refractivity contribution in [3.63, 3.8) is 0 Å². The summed E-state index contributed by atoms with van der Waals surface area (Å²) in [6.45, 7) is 0. The number of fused-ring (bicyclic) bond motifs is 1. The zero-order valence-corrected chi connectivity index (χ0v) is 14.4. The van der Waals surface area contributed by atoms with Crippen LogP contribution in [0.15, 0.2) is 79.1 Å². The van der Waals surface area contributed by atoms with Crippen molar-refractivity contribution in [3.8, 4) is 0 Å². The molecule has 1 aromatic heterocycles. The summed E-state index contributed by atoms with van der Waals surface area (Å²) in [7, 11) is 0. The van der Waals surface area contributed by atoms with Gasteiger partial charge in [-0.2, -0.15) is 0 Å². The first kappa shape index (κ1) is 16.2. The maximum Gasteiger partial charge on any atom is 0.193 e. The lowest BCUT2D eigenvalue weighted by atomic mass is 10.0. The van der Waals surface area contributed by atoms with E-state index < -0.39 is 0 Å². The number of halogens is 1. The van der Waals surface area contributed by atoms with Crippen molar-refractivity contribution < 1.29 is 4.79 Å². The summed E-state index contributed by atoms with van der Waals surface area (Å²) >= 11 is 5.87. The van der Waals surface area contributed by atoms with Crippen molar-refractivity contribution in [2.75, 3.05) is 5.32 Å². The quantitative estimate of drug-likeness (QED) is 0.505. The molecule has 4 aromatic rings. The van der Waals surface area contributed by atoms with E-state index in [9.17, 15) is 4.79 Å². The molecule has 4 nitrogen and oxygen atoms in total. The van der Waals surface area contributed by atoms with Crippen molar-refractivity contribution in [2.24, 2.45) is 0 Å². The van der Waals surface area contributed by atoms with Gasteiger partial charge in [0.05, 0.1) is 5.52 Å². The monoisotopic (exact) mass is 359 g/mol. The van der Waals surface area contributed by atoms with Gasteiger partial charge in [0, 0.05) is 27.2 Å². The van der Waals surface area contributed by atoms with Crippen molar-refractivity contribution in [2.45, 2.75) is 0 Å². The molecule has 0 saturated heterocycles. The second-order valence-electron chi connectivity index (χ2n) is 5.78. The summed E-state index contributed by atoms with van der Waals surface area (Å²) in [4.78, 5) is 21.1. The van der Waals surface area contributed by atoms with E-state index in [-0.39, 0.29) is 5.78 Å². The Labute approximate surface area is 155 Å². The van der Waals surface area contributed by atoms with Crippen molar-refractivity contribution in [1.82, 2.24) is 9.97 Å². The number of ketones is 1. The molecule has 0 amide bonds. The zero-order chi connectivity index (χ0) is 17.9. The first-order valence-corrected chi connectivity index (χ1v) is 8.45. The second-order valence-corrected chi connectivity index (χ2v) is 6.21. The number of carbonyl (C=O) groups is 1. The minimum absolute atomic E-state index is 0.0410. The third-order valence-electron chi connectivity index (χ3n) is 4.06. The van der Waals surface area contributed by atoms with E-state index >= 15 is 0 Å². The molecule has 26 heavy (non-hydrogen) atoms. The number of nitrogens with one attached hydrogen (secondary N) is 1. The molecule has 0 radical (unpaired) electrons. The van der Waals surface area contributed by atoms with Gasteiger partial charge in [-0.15, -0.1) is 0 Å². The van der Waals surface area contributed by atoms with E-state index in [1.807, 2.05) is 36.4 Å². The van der Waals surface area contributed by atoms with Gasteiger partial charge in [0.25, 0.3) is 0 Å². The average molecular weight is 360 g/mol. The van der Waals surface area contributed by atoms with E-state index in [4.69, 9.17) is 11.6 Å². The summed E-state index contributed by atoms with van der Waals surface area (Å²) in [6.07, 6.45) is 1.53. The molecule has 4 rings (SSSR count). The van der Waals surface area contributed by atoms with Crippen molar-refractivity contribution in [3.05, 3.63) is 95.3 Å². The number of rotatable bonds is 4. The summed E-state index contributed by atoms with van der Waals surface area (Å²) in [5.74, 6) is 0.688. The van der Waals surface area contributed by atoms with Gasteiger partial charge in [0.15, 0.2) is 5.78 Å². The van der Waals surface area contributed by atoms with Gasteiger partial charge < -0.3 is 5.32 Å². The highest BCUT2D eigenvalue weighted by atomic mass is 35.5. The number of nitrogens with zero attached hydrogens (tertiary/aromatic N) is 2. The SMILES string of the molecule is O=C(c1ccc(Cl)cc1)c1ccc(Nc2ncnc3ccccc23)cc1. The van der Waals surface area contributed by atoms with E-state index in [0.717, 1.165) is 22.4 Å². The van der Waals surface area contributed by atoms with Crippen LogP contribution in [0.2, 0.25) is 5.02 Å². The Morgan fingerprint density at radius 3 is 2.19 bits per heavy atom. The first-order chi connectivity index (χ1) is 12.7. The number of carbonyl (C=O) groups excluding carboxylic acids is 1. The number of benzene rings is 3. The Morgan fingerprint density at radius 2 is 1.46 bits per heavy atom. The van der Waals surface area contributed by atoms with Crippen LogP contribution < -0.4 is 5.32 Å². The summed E-state index contributed by atoms with van der Waals surface area (Å²) in [5.41, 5.74) is 2.95. The lowest BCUT2D eigenvalue weighted by molar-refractivity contribution is 0.103. The van der Waals surface area contributed by atoms with Crippen LogP contribution in [-0.4, -0.2) is 15.8 Å². The van der Waals surface area contributed by atoms with Gasteiger partial charge in [-0.3, -0.25) is 4.79 Å². The molecule has 0 bridgehead atoms. The van der Waals surface area contributed by atoms with Gasteiger partial charge in [-0.1, -0.05) is 23.7 Å². The number of anilines is 2. The van der Waals surface area contributed by atoms with Crippen LogP contribution in [0.25, 0.3) is 10.9 Å². The van der Waals surface area contributed by atoms with Gasteiger partial charge in [-0.25, -0.2) is 9.97 Å². The van der Waals surface area contributed by atoms with E-state index in [0.29, 0.717) is 16.1 Å². The molecule has 0 aliphatic rings. The van der Waals surface area contributed by atoms with E-state index in [2.05, 4.69) is 15.3 Å². The number of hydrogen-bond acceptors (Lipinski definition) is 4. The summed E-state index contributed by atoms with van der Waals surface area (Å²) in [6, 6.07) is 22.0. The van der Waals surface area contributed by atoms with Gasteiger partial charge in [0.1, 0.15) is 12.1 Å². The fourth-order valence-corrected chi connectivity index (χ4v) is 2.84. The Kier molecular flexibility index (Phi) is 4.33. The topological polar surface area (TPSA) is 54.9 Å². The standard InChI is InChI=1S/C21H14ClN3O/c22-16-9-5-14(6-10-16)20(26)15-7-11-17(12-8-15)25-21-18-3-1-2-4-19(18)23-13-24-21/h1-13H,(H,23,24,25). The predicted octanol–water partition coefficient (Wildman–Crippen LogP) is 5.26. The van der Waals surface area contributed by atoms with E-state index in [1.54, 1.807) is 36.4 Å². The van der Waals surface area contributed by atoms with Crippen LogP contribution >= 0.6 is 11.6 Å². The Balaban J connectivity index is 1.58. The van der Waals surface area contributed by atoms with Crippen LogP contribution in [0, 0.1) is 0 Å². The average Bonchev–Trinajstić information content (AvgIpc) is 2.69. The highest BCUT2D eigenvalue weighted by molar-refractivity contribution is 6.30. The highest BCUT2D eigenvalue weighted by Crippen LogP contribution is 2.23. The first-order valence-electron chi connectivity index (χ1n) is 8.08. The molecule has 0 fully saturated rings. The highest BCUT2D eigenvalue weighted by Gasteiger charge is 2.09. The maximum atomic E-state index is 12.5. The molecule has 0 aliphatic carbocycles. The largest absolute Gasteiger partial charge is 0.340 e. The molecule has 0 aliphatic heterocycles. The molecule has 5 heteroatoms. The molecule has 1 heterocycles. The number of aromatic nitrogens is 2. The molecule has 1 N–H and O–H groups in total. The van der Waals surface area contributed by atoms with Crippen LogP contribution in [0.1, 0.15) is 15.9 Å². The normalized spacial score (nSPS) is 10.7. The van der Waals surface area contributed by atoms with Crippen molar-refractivity contribution in [1.29, 1.82) is 0 Å². The fraction of sp³-hybridized carbons (Fsp3) is 0. The van der Waals surface area contributed by atoms with Gasteiger partial charge in [0.2, 0.25) is 0 Å². The van der Waals surface area contributed by atoms with Crippen LogP contribution in [-0.2, 0) is 0 Å². The molecule has 0 atom stereocenters. The molecule has 126 valence electrons. The molecule has 0 unspecified atom stereocenters. The second kappa shape index (κ2) is 6.94. The van der Waals surface area contributed by atoms with Crippen LogP contribution in [0.5, 0.6) is 0 Å². The summed E-state index contributed by atoms with van der Waals surface area (Å²) in [5, 5.41) is 4.83. The molecular weight excluding hydrogens is 346 g/mol. The van der Waals surface area contributed by atoms with Crippen LogP contribution in [0.3, 0.4) is 0 Å². The van der Waals surface area contributed by atoms with Gasteiger partial charge >= 0.3 is 0 Å². The third-order valence-corrected chi connectivity index (χ3v) is 4.31.